The van der Waals surface area contributed by atoms with E-state index in [4.69, 9.17) is 0 Å². The Morgan fingerprint density at radius 2 is 2.11 bits per heavy atom. The Balaban J connectivity index is 1.82. The molecule has 0 aliphatic carbocycles. The van der Waals surface area contributed by atoms with Crippen LogP contribution < -0.4 is 10.6 Å². The van der Waals surface area contributed by atoms with Crippen LogP contribution in [-0.4, -0.2) is 16.9 Å². The zero-order valence-electron chi connectivity index (χ0n) is 11.0. The standard InChI is InChI=1S/C14H17N3OS/c1-10(15-8-13-9-16-11(2)19-13)14(18)17-12-6-4-3-5-7-12/h3-7,9-10,15H,8H2,1-2H3,(H,17,18). The Kier molecular flexibility index (Phi) is 4.65. The minimum Gasteiger partial charge on any atom is -0.325 e. The second kappa shape index (κ2) is 6.45. The van der Waals surface area contributed by atoms with Gasteiger partial charge in [0.15, 0.2) is 0 Å². The average molecular weight is 275 g/mol. The van der Waals surface area contributed by atoms with Gasteiger partial charge in [-0.2, -0.15) is 0 Å². The molecular formula is C14H17N3OS. The van der Waals surface area contributed by atoms with Crippen LogP contribution >= 0.6 is 11.3 Å². The number of carbonyl (C=O) groups is 1. The van der Waals surface area contributed by atoms with Gasteiger partial charge in [-0.3, -0.25) is 4.79 Å². The smallest absolute Gasteiger partial charge is 0.241 e. The highest BCUT2D eigenvalue weighted by atomic mass is 32.1. The number of carbonyl (C=O) groups excluding carboxylic acids is 1. The predicted molar refractivity (Wildman–Crippen MR) is 78.2 cm³/mol. The molecule has 0 spiro atoms. The van der Waals surface area contributed by atoms with Crippen LogP contribution in [0.1, 0.15) is 16.8 Å². The maximum absolute atomic E-state index is 12.0. The van der Waals surface area contributed by atoms with Gasteiger partial charge in [0.2, 0.25) is 5.91 Å². The first kappa shape index (κ1) is 13.7. The summed E-state index contributed by atoms with van der Waals surface area (Å²) in [7, 11) is 0. The van der Waals surface area contributed by atoms with Crippen LogP contribution in [0.3, 0.4) is 0 Å². The van der Waals surface area contributed by atoms with E-state index in [1.54, 1.807) is 11.3 Å². The number of aromatic nitrogens is 1. The van der Waals surface area contributed by atoms with Crippen LogP contribution in [0.5, 0.6) is 0 Å². The maximum Gasteiger partial charge on any atom is 0.241 e. The Bertz CT molecular complexity index is 539. The zero-order chi connectivity index (χ0) is 13.7. The molecule has 1 aromatic carbocycles. The third kappa shape index (κ3) is 4.15. The van der Waals surface area contributed by atoms with E-state index in [0.29, 0.717) is 6.54 Å². The van der Waals surface area contributed by atoms with Crippen molar-refractivity contribution in [1.29, 1.82) is 0 Å². The predicted octanol–water partition coefficient (Wildman–Crippen LogP) is 2.57. The summed E-state index contributed by atoms with van der Waals surface area (Å²) in [6.07, 6.45) is 1.84. The van der Waals surface area contributed by atoms with Crippen molar-refractivity contribution in [3.05, 3.63) is 46.4 Å². The SMILES string of the molecule is Cc1ncc(CNC(C)C(=O)Nc2ccccc2)s1. The topological polar surface area (TPSA) is 54.0 Å². The van der Waals surface area contributed by atoms with Crippen molar-refractivity contribution < 1.29 is 4.79 Å². The Morgan fingerprint density at radius 1 is 1.37 bits per heavy atom. The Morgan fingerprint density at radius 3 is 2.74 bits per heavy atom. The first-order valence-electron chi connectivity index (χ1n) is 6.16. The average Bonchev–Trinajstić information content (AvgIpc) is 2.83. The lowest BCUT2D eigenvalue weighted by atomic mass is 10.2. The van der Waals surface area contributed by atoms with E-state index < -0.39 is 0 Å². The molecule has 5 heteroatoms. The number of nitrogens with zero attached hydrogens (tertiary/aromatic N) is 1. The largest absolute Gasteiger partial charge is 0.325 e. The van der Waals surface area contributed by atoms with Gasteiger partial charge in [-0.1, -0.05) is 18.2 Å². The highest BCUT2D eigenvalue weighted by Crippen LogP contribution is 2.11. The summed E-state index contributed by atoms with van der Waals surface area (Å²) < 4.78 is 0. The molecule has 1 heterocycles. The van der Waals surface area contributed by atoms with E-state index in [2.05, 4.69) is 15.6 Å². The first-order chi connectivity index (χ1) is 9.15. The molecule has 0 aliphatic rings. The third-order valence-corrected chi connectivity index (χ3v) is 3.60. The number of para-hydroxylation sites is 1. The van der Waals surface area contributed by atoms with E-state index in [1.807, 2.05) is 50.4 Å². The molecule has 0 bridgehead atoms. The van der Waals surface area contributed by atoms with Crippen molar-refractivity contribution >= 4 is 22.9 Å². The second-order valence-electron chi connectivity index (χ2n) is 4.30. The number of nitrogens with one attached hydrogen (secondary N) is 2. The number of hydrogen-bond donors (Lipinski definition) is 2. The molecule has 4 nitrogen and oxygen atoms in total. The summed E-state index contributed by atoms with van der Waals surface area (Å²) >= 11 is 1.64. The lowest BCUT2D eigenvalue weighted by Gasteiger charge is -2.13. The van der Waals surface area contributed by atoms with Gasteiger partial charge in [0.25, 0.3) is 0 Å². The molecule has 2 N–H and O–H groups in total. The molecule has 1 aromatic heterocycles. The minimum absolute atomic E-state index is 0.0348. The van der Waals surface area contributed by atoms with Crippen LogP contribution in [0.4, 0.5) is 5.69 Å². The van der Waals surface area contributed by atoms with Gasteiger partial charge in [0.05, 0.1) is 11.0 Å². The monoisotopic (exact) mass is 275 g/mol. The molecule has 0 aliphatic heterocycles. The fourth-order valence-electron chi connectivity index (χ4n) is 1.61. The van der Waals surface area contributed by atoms with Gasteiger partial charge >= 0.3 is 0 Å². The van der Waals surface area contributed by atoms with Gasteiger partial charge in [-0.25, -0.2) is 4.98 Å². The molecule has 2 aromatic rings. The zero-order valence-corrected chi connectivity index (χ0v) is 11.8. The molecular weight excluding hydrogens is 258 g/mol. The second-order valence-corrected chi connectivity index (χ2v) is 5.62. The molecule has 0 fully saturated rings. The number of rotatable bonds is 5. The quantitative estimate of drug-likeness (QED) is 0.882. The van der Waals surface area contributed by atoms with Crippen LogP contribution in [0.15, 0.2) is 36.5 Å². The van der Waals surface area contributed by atoms with E-state index in [-0.39, 0.29) is 11.9 Å². The molecule has 0 saturated heterocycles. The van der Waals surface area contributed by atoms with Gasteiger partial charge in [-0.05, 0) is 26.0 Å². The fourth-order valence-corrected chi connectivity index (χ4v) is 2.35. The van der Waals surface area contributed by atoms with E-state index >= 15 is 0 Å². The number of amides is 1. The van der Waals surface area contributed by atoms with Crippen LogP contribution in [-0.2, 0) is 11.3 Å². The fraction of sp³-hybridized carbons (Fsp3) is 0.286. The molecule has 19 heavy (non-hydrogen) atoms. The first-order valence-corrected chi connectivity index (χ1v) is 6.97. The number of anilines is 1. The summed E-state index contributed by atoms with van der Waals surface area (Å²) in [6.45, 7) is 4.49. The van der Waals surface area contributed by atoms with Crippen molar-refractivity contribution in [2.24, 2.45) is 0 Å². The maximum atomic E-state index is 12.0. The molecule has 1 amide bonds. The van der Waals surface area contributed by atoms with Gasteiger partial charge in [0, 0.05) is 23.3 Å². The van der Waals surface area contributed by atoms with Gasteiger partial charge in [-0.15, -0.1) is 11.3 Å². The normalized spacial score (nSPS) is 12.1. The Labute approximate surface area is 116 Å². The van der Waals surface area contributed by atoms with Crippen molar-refractivity contribution in [3.63, 3.8) is 0 Å². The molecule has 1 atom stereocenters. The highest BCUT2D eigenvalue weighted by molar-refractivity contribution is 7.11. The van der Waals surface area contributed by atoms with Crippen LogP contribution in [0.2, 0.25) is 0 Å². The summed E-state index contributed by atoms with van der Waals surface area (Å²) in [4.78, 5) is 17.3. The summed E-state index contributed by atoms with van der Waals surface area (Å²) in [5, 5.41) is 7.10. The number of aryl methyl sites for hydroxylation is 1. The molecule has 2 rings (SSSR count). The van der Waals surface area contributed by atoms with Crippen LogP contribution in [0, 0.1) is 6.92 Å². The highest BCUT2D eigenvalue weighted by Gasteiger charge is 2.12. The molecule has 0 radical (unpaired) electrons. The summed E-state index contributed by atoms with van der Waals surface area (Å²) in [5.74, 6) is -0.0348. The van der Waals surface area contributed by atoms with Gasteiger partial charge < -0.3 is 10.6 Å². The van der Waals surface area contributed by atoms with E-state index in [1.165, 1.54) is 0 Å². The molecule has 0 saturated carbocycles. The lowest BCUT2D eigenvalue weighted by Crippen LogP contribution is -2.37. The van der Waals surface area contributed by atoms with Gasteiger partial charge in [0.1, 0.15) is 0 Å². The van der Waals surface area contributed by atoms with Crippen molar-refractivity contribution in [2.75, 3.05) is 5.32 Å². The Hall–Kier alpha value is -1.72. The third-order valence-electron chi connectivity index (χ3n) is 2.69. The number of hydrogen-bond acceptors (Lipinski definition) is 4. The lowest BCUT2D eigenvalue weighted by molar-refractivity contribution is -0.117. The summed E-state index contributed by atoms with van der Waals surface area (Å²) in [5.41, 5.74) is 0.815. The van der Waals surface area contributed by atoms with Crippen molar-refractivity contribution in [2.45, 2.75) is 26.4 Å². The van der Waals surface area contributed by atoms with Crippen molar-refractivity contribution in [1.82, 2.24) is 10.3 Å². The van der Waals surface area contributed by atoms with E-state index in [0.717, 1.165) is 15.6 Å². The van der Waals surface area contributed by atoms with Crippen molar-refractivity contribution in [3.8, 4) is 0 Å². The minimum atomic E-state index is -0.248. The molecule has 1 unspecified atom stereocenters. The number of benzene rings is 1. The summed E-state index contributed by atoms with van der Waals surface area (Å²) in [6, 6.07) is 9.21. The van der Waals surface area contributed by atoms with E-state index in [9.17, 15) is 4.79 Å². The molecule has 100 valence electrons. The number of thiazole rings is 1. The van der Waals surface area contributed by atoms with Crippen LogP contribution in [0.25, 0.3) is 0 Å².